The van der Waals surface area contributed by atoms with Gasteiger partial charge >= 0.3 is 5.97 Å². The standard InChI is InChI=1S/C24H25ClN2O5S/c1-4-31-20-11-16(5-10-19(20)32-14-22(28)29)12-21-23(30)27(13-15(2)3)24(33-21)26-18-8-6-17(25)7-9-18/h5-12,15H,4,13-14H2,1-3H3,(H,28,29)/b21-12-,26-24?. The number of nitrogens with zero attached hydrogens (tertiary/aromatic N) is 2. The molecular formula is C24H25ClN2O5S. The van der Waals surface area contributed by atoms with Gasteiger partial charge in [0, 0.05) is 11.6 Å². The van der Waals surface area contributed by atoms with E-state index in [0.717, 1.165) is 5.56 Å². The van der Waals surface area contributed by atoms with Crippen LogP contribution in [0.1, 0.15) is 26.3 Å². The van der Waals surface area contributed by atoms with E-state index in [-0.39, 0.29) is 11.8 Å². The number of aliphatic imine (C=N–C) groups is 1. The summed E-state index contributed by atoms with van der Waals surface area (Å²) >= 11 is 7.27. The molecule has 0 saturated carbocycles. The third kappa shape index (κ3) is 6.76. The Bertz CT molecular complexity index is 1080. The molecule has 0 atom stereocenters. The van der Waals surface area contributed by atoms with E-state index >= 15 is 0 Å². The van der Waals surface area contributed by atoms with E-state index < -0.39 is 12.6 Å². The summed E-state index contributed by atoms with van der Waals surface area (Å²) in [6.45, 7) is 6.38. The first kappa shape index (κ1) is 24.7. The van der Waals surface area contributed by atoms with Crippen LogP contribution < -0.4 is 9.47 Å². The molecule has 0 radical (unpaired) electrons. The third-order valence-corrected chi connectivity index (χ3v) is 5.66. The minimum Gasteiger partial charge on any atom is -0.490 e. The average molecular weight is 489 g/mol. The number of halogens is 1. The number of hydrogen-bond donors (Lipinski definition) is 1. The SMILES string of the molecule is CCOc1cc(/C=C2\SC(=Nc3ccc(Cl)cc3)N(CC(C)C)C2=O)ccc1OCC(=O)O. The minimum atomic E-state index is -1.07. The monoisotopic (exact) mass is 488 g/mol. The van der Waals surface area contributed by atoms with Crippen molar-refractivity contribution in [3.63, 3.8) is 0 Å². The molecule has 1 amide bonds. The van der Waals surface area contributed by atoms with Crippen LogP contribution in [-0.2, 0) is 9.59 Å². The number of hydrogen-bond acceptors (Lipinski definition) is 6. The number of aliphatic carboxylic acids is 1. The molecule has 7 nitrogen and oxygen atoms in total. The van der Waals surface area contributed by atoms with Crippen molar-refractivity contribution in [3.8, 4) is 11.5 Å². The van der Waals surface area contributed by atoms with E-state index in [9.17, 15) is 9.59 Å². The summed E-state index contributed by atoms with van der Waals surface area (Å²) in [6.07, 6.45) is 1.77. The molecule has 174 valence electrons. The lowest BCUT2D eigenvalue weighted by Gasteiger charge is -2.17. The Labute approximate surface area is 202 Å². The van der Waals surface area contributed by atoms with Crippen molar-refractivity contribution >= 4 is 52.2 Å². The predicted octanol–water partition coefficient (Wildman–Crippen LogP) is 5.46. The Hall–Kier alpha value is -2.97. The van der Waals surface area contributed by atoms with E-state index in [1.54, 1.807) is 53.4 Å². The zero-order valence-corrected chi connectivity index (χ0v) is 20.2. The fourth-order valence-electron chi connectivity index (χ4n) is 3.04. The molecule has 1 aliphatic rings. The molecule has 1 saturated heterocycles. The lowest BCUT2D eigenvalue weighted by molar-refractivity contribution is -0.139. The van der Waals surface area contributed by atoms with Crippen LogP contribution in [0.15, 0.2) is 52.4 Å². The molecule has 0 unspecified atom stereocenters. The van der Waals surface area contributed by atoms with Crippen molar-refractivity contribution in [2.24, 2.45) is 10.9 Å². The molecule has 3 rings (SSSR count). The first-order valence-electron chi connectivity index (χ1n) is 10.4. The maximum atomic E-state index is 13.2. The Kier molecular flexibility index (Phi) is 8.41. The van der Waals surface area contributed by atoms with Crippen molar-refractivity contribution in [2.45, 2.75) is 20.8 Å². The molecule has 1 heterocycles. The van der Waals surface area contributed by atoms with E-state index in [4.69, 9.17) is 26.2 Å². The Morgan fingerprint density at radius 1 is 1.18 bits per heavy atom. The number of carbonyl (C=O) groups is 2. The number of amidine groups is 1. The summed E-state index contributed by atoms with van der Waals surface area (Å²) in [5, 5.41) is 10.1. The number of amides is 1. The van der Waals surface area contributed by atoms with Crippen LogP contribution in [0.4, 0.5) is 5.69 Å². The molecule has 1 fully saturated rings. The number of thioether (sulfide) groups is 1. The zero-order chi connectivity index (χ0) is 24.0. The normalized spacial score (nSPS) is 16.2. The Balaban J connectivity index is 1.91. The van der Waals surface area contributed by atoms with Gasteiger partial charge < -0.3 is 14.6 Å². The molecule has 2 aromatic rings. The van der Waals surface area contributed by atoms with Gasteiger partial charge in [0.05, 0.1) is 17.2 Å². The number of carboxylic acids is 1. The summed E-state index contributed by atoms with van der Waals surface area (Å²) in [6, 6.07) is 12.2. The van der Waals surface area contributed by atoms with Crippen LogP contribution >= 0.6 is 23.4 Å². The van der Waals surface area contributed by atoms with Crippen molar-refractivity contribution in [1.29, 1.82) is 0 Å². The van der Waals surface area contributed by atoms with Crippen molar-refractivity contribution in [3.05, 3.63) is 58.0 Å². The van der Waals surface area contributed by atoms with Crippen LogP contribution in [0.5, 0.6) is 11.5 Å². The second-order valence-electron chi connectivity index (χ2n) is 7.61. The molecule has 1 N–H and O–H groups in total. The van der Waals surface area contributed by atoms with Crippen LogP contribution in [0, 0.1) is 5.92 Å². The van der Waals surface area contributed by atoms with Crippen LogP contribution in [0.25, 0.3) is 6.08 Å². The Morgan fingerprint density at radius 3 is 2.55 bits per heavy atom. The Morgan fingerprint density at radius 2 is 1.91 bits per heavy atom. The van der Waals surface area contributed by atoms with E-state index in [1.165, 1.54) is 11.8 Å². The van der Waals surface area contributed by atoms with Gasteiger partial charge in [-0.3, -0.25) is 9.69 Å². The van der Waals surface area contributed by atoms with Gasteiger partial charge in [-0.1, -0.05) is 31.5 Å². The van der Waals surface area contributed by atoms with Crippen molar-refractivity contribution in [2.75, 3.05) is 19.8 Å². The van der Waals surface area contributed by atoms with Crippen LogP contribution in [0.3, 0.4) is 0 Å². The van der Waals surface area contributed by atoms with Gasteiger partial charge in [-0.15, -0.1) is 0 Å². The third-order valence-electron chi connectivity index (χ3n) is 4.40. The highest BCUT2D eigenvalue weighted by Crippen LogP contribution is 2.36. The number of ether oxygens (including phenoxy) is 2. The minimum absolute atomic E-state index is 0.120. The van der Waals surface area contributed by atoms with Crippen LogP contribution in [0.2, 0.25) is 5.02 Å². The molecule has 9 heteroatoms. The number of benzene rings is 2. The van der Waals surface area contributed by atoms with E-state index in [2.05, 4.69) is 4.99 Å². The van der Waals surface area contributed by atoms with E-state index in [0.29, 0.717) is 45.4 Å². The van der Waals surface area contributed by atoms with Gasteiger partial charge in [0.1, 0.15) is 0 Å². The first-order chi connectivity index (χ1) is 15.8. The highest BCUT2D eigenvalue weighted by molar-refractivity contribution is 8.18. The number of rotatable bonds is 9. The van der Waals surface area contributed by atoms with Gasteiger partial charge in [0.15, 0.2) is 23.3 Å². The smallest absolute Gasteiger partial charge is 0.341 e. The highest BCUT2D eigenvalue weighted by atomic mass is 35.5. The quantitative estimate of drug-likeness (QED) is 0.471. The summed E-state index contributed by atoms with van der Waals surface area (Å²) in [4.78, 5) is 30.9. The van der Waals surface area contributed by atoms with Gasteiger partial charge in [-0.2, -0.15) is 0 Å². The summed E-state index contributed by atoms with van der Waals surface area (Å²) < 4.78 is 10.9. The average Bonchev–Trinajstić information content (AvgIpc) is 3.03. The van der Waals surface area contributed by atoms with Gasteiger partial charge in [-0.05, 0) is 72.6 Å². The lowest BCUT2D eigenvalue weighted by atomic mass is 10.1. The van der Waals surface area contributed by atoms with Gasteiger partial charge in [0.25, 0.3) is 5.91 Å². The molecule has 2 aromatic carbocycles. The lowest BCUT2D eigenvalue weighted by Crippen LogP contribution is -2.32. The fourth-order valence-corrected chi connectivity index (χ4v) is 4.17. The largest absolute Gasteiger partial charge is 0.490 e. The number of carboxylic acid groups (broad SMARTS) is 1. The second-order valence-corrected chi connectivity index (χ2v) is 9.06. The van der Waals surface area contributed by atoms with Gasteiger partial charge in [0.2, 0.25) is 0 Å². The van der Waals surface area contributed by atoms with Gasteiger partial charge in [-0.25, -0.2) is 9.79 Å². The highest BCUT2D eigenvalue weighted by Gasteiger charge is 2.33. The maximum absolute atomic E-state index is 13.2. The van der Waals surface area contributed by atoms with E-state index in [1.807, 2.05) is 20.8 Å². The second kappa shape index (κ2) is 11.2. The molecule has 0 aromatic heterocycles. The number of carbonyl (C=O) groups excluding carboxylic acids is 1. The molecule has 0 bridgehead atoms. The topological polar surface area (TPSA) is 88.4 Å². The van der Waals surface area contributed by atoms with Crippen molar-refractivity contribution < 1.29 is 24.2 Å². The summed E-state index contributed by atoms with van der Waals surface area (Å²) in [7, 11) is 0. The maximum Gasteiger partial charge on any atom is 0.341 e. The molecular weight excluding hydrogens is 464 g/mol. The zero-order valence-electron chi connectivity index (χ0n) is 18.6. The van der Waals surface area contributed by atoms with Crippen LogP contribution in [-0.4, -0.2) is 46.8 Å². The van der Waals surface area contributed by atoms with Crippen molar-refractivity contribution in [1.82, 2.24) is 4.90 Å². The molecule has 0 spiro atoms. The summed E-state index contributed by atoms with van der Waals surface area (Å²) in [5.41, 5.74) is 1.44. The molecule has 33 heavy (non-hydrogen) atoms. The first-order valence-corrected chi connectivity index (χ1v) is 11.6. The molecule has 0 aliphatic carbocycles. The summed E-state index contributed by atoms with van der Waals surface area (Å²) in [5.74, 6) is -0.185. The molecule has 1 aliphatic heterocycles. The predicted molar refractivity (Wildman–Crippen MR) is 131 cm³/mol. The fraction of sp³-hybridized carbons (Fsp3) is 0.292.